The smallest absolute Gasteiger partial charge is 0.274 e. The van der Waals surface area contributed by atoms with Crippen LogP contribution in [0.25, 0.3) is 0 Å². The first-order chi connectivity index (χ1) is 16.5. The Morgan fingerprint density at radius 1 is 0.886 bits per heavy atom. The molecule has 3 amide bonds. The highest BCUT2D eigenvalue weighted by Gasteiger charge is 2.36. The number of hydrazine groups is 1. The highest BCUT2D eigenvalue weighted by atomic mass is 32.2. The third-order valence-corrected chi connectivity index (χ3v) is 6.53. The van der Waals surface area contributed by atoms with Gasteiger partial charge in [0.05, 0.1) is 37.4 Å². The summed E-state index contributed by atoms with van der Waals surface area (Å²) in [5.74, 6) is -1.28. The van der Waals surface area contributed by atoms with Crippen LogP contribution in [0.15, 0.2) is 35.2 Å². The SMILES string of the molecule is COc1cc(C(=O)N2CCCN2C(=O)c2ccccc2S(C)(=O)=O)c(NC(C)=O)c(OC)c1OC. The number of carbonyl (C=O) groups is 3. The molecule has 0 unspecified atom stereocenters. The summed E-state index contributed by atoms with van der Waals surface area (Å²) in [4.78, 5) is 38.9. The number of nitrogens with zero attached hydrogens (tertiary/aromatic N) is 2. The molecule has 1 aliphatic rings. The largest absolute Gasteiger partial charge is 0.493 e. The van der Waals surface area contributed by atoms with Gasteiger partial charge in [0.2, 0.25) is 11.7 Å². The second-order valence-corrected chi connectivity index (χ2v) is 9.71. The van der Waals surface area contributed by atoms with Crippen LogP contribution >= 0.6 is 0 Å². The summed E-state index contributed by atoms with van der Waals surface area (Å²) in [6.07, 6.45) is 1.49. The Bertz CT molecular complexity index is 1280. The van der Waals surface area contributed by atoms with Gasteiger partial charge in [0.25, 0.3) is 11.8 Å². The lowest BCUT2D eigenvalue weighted by Crippen LogP contribution is -2.45. The zero-order valence-corrected chi connectivity index (χ0v) is 20.9. The molecular formula is C23H27N3O8S. The van der Waals surface area contributed by atoms with E-state index >= 15 is 0 Å². The van der Waals surface area contributed by atoms with Gasteiger partial charge >= 0.3 is 0 Å². The molecule has 2 aromatic carbocycles. The topological polar surface area (TPSA) is 132 Å². The first kappa shape index (κ1) is 25.8. The summed E-state index contributed by atoms with van der Waals surface area (Å²) in [7, 11) is 0.437. The first-order valence-electron chi connectivity index (χ1n) is 10.6. The van der Waals surface area contributed by atoms with Crippen LogP contribution in [0.4, 0.5) is 5.69 Å². The van der Waals surface area contributed by atoms with Crippen molar-refractivity contribution in [2.45, 2.75) is 18.2 Å². The maximum atomic E-state index is 13.7. The molecule has 2 aromatic rings. The maximum absolute atomic E-state index is 13.7. The first-order valence-corrected chi connectivity index (χ1v) is 12.5. The average molecular weight is 506 g/mol. The van der Waals surface area contributed by atoms with Crippen LogP contribution < -0.4 is 19.5 Å². The van der Waals surface area contributed by atoms with Gasteiger partial charge in [-0.05, 0) is 24.6 Å². The van der Waals surface area contributed by atoms with E-state index < -0.39 is 27.6 Å². The van der Waals surface area contributed by atoms with Gasteiger partial charge in [-0.15, -0.1) is 0 Å². The highest BCUT2D eigenvalue weighted by Crippen LogP contribution is 2.45. The van der Waals surface area contributed by atoms with Crippen LogP contribution in [0.2, 0.25) is 0 Å². The molecule has 0 aliphatic carbocycles. The van der Waals surface area contributed by atoms with Crippen LogP contribution in [0.1, 0.15) is 34.1 Å². The van der Waals surface area contributed by atoms with Gasteiger partial charge in [0, 0.05) is 26.3 Å². The molecule has 0 aromatic heterocycles. The molecule has 1 saturated heterocycles. The Labute approximate surface area is 203 Å². The Morgan fingerprint density at radius 3 is 1.97 bits per heavy atom. The predicted octanol–water partition coefficient (Wildman–Crippen LogP) is 1.98. The van der Waals surface area contributed by atoms with Crippen molar-refractivity contribution in [3.05, 3.63) is 41.5 Å². The molecule has 1 fully saturated rings. The third kappa shape index (κ3) is 5.02. The van der Waals surface area contributed by atoms with Gasteiger partial charge < -0.3 is 19.5 Å². The fourth-order valence-corrected chi connectivity index (χ4v) is 4.78. The number of hydrogen-bond donors (Lipinski definition) is 1. The fraction of sp³-hybridized carbons (Fsp3) is 0.348. The molecule has 11 nitrogen and oxygen atoms in total. The minimum atomic E-state index is -3.69. The molecular weight excluding hydrogens is 478 g/mol. The van der Waals surface area contributed by atoms with E-state index in [0.717, 1.165) is 6.26 Å². The number of ether oxygens (including phenoxy) is 3. The van der Waals surface area contributed by atoms with Crippen molar-refractivity contribution >= 4 is 33.2 Å². The summed E-state index contributed by atoms with van der Waals surface area (Å²) in [5.41, 5.74) is 0.0194. The number of amides is 3. The third-order valence-electron chi connectivity index (χ3n) is 5.38. The lowest BCUT2D eigenvalue weighted by Gasteiger charge is -2.29. The normalized spacial score (nSPS) is 13.4. The van der Waals surface area contributed by atoms with Gasteiger partial charge in [-0.25, -0.2) is 18.4 Å². The summed E-state index contributed by atoms with van der Waals surface area (Å²) in [6.45, 7) is 1.67. The van der Waals surface area contributed by atoms with E-state index in [-0.39, 0.29) is 52.0 Å². The number of methoxy groups -OCH3 is 3. The molecule has 1 aliphatic heterocycles. The molecule has 188 valence electrons. The van der Waals surface area contributed by atoms with Crippen LogP contribution in [0, 0.1) is 0 Å². The van der Waals surface area contributed by atoms with E-state index in [0.29, 0.717) is 6.42 Å². The number of benzene rings is 2. The number of nitrogens with one attached hydrogen (secondary N) is 1. The molecule has 0 saturated carbocycles. The lowest BCUT2D eigenvalue weighted by molar-refractivity contribution is -0.114. The molecule has 35 heavy (non-hydrogen) atoms. The van der Waals surface area contributed by atoms with Gasteiger partial charge in [-0.3, -0.25) is 14.4 Å². The van der Waals surface area contributed by atoms with Gasteiger partial charge in [-0.2, -0.15) is 0 Å². The van der Waals surface area contributed by atoms with Gasteiger partial charge in [0.15, 0.2) is 21.3 Å². The number of sulfone groups is 1. The van der Waals surface area contributed by atoms with E-state index in [1.807, 2.05) is 0 Å². The van der Waals surface area contributed by atoms with Crippen molar-refractivity contribution in [2.24, 2.45) is 0 Å². The van der Waals surface area contributed by atoms with Gasteiger partial charge in [0.1, 0.15) is 5.69 Å². The Balaban J connectivity index is 2.11. The van der Waals surface area contributed by atoms with Crippen molar-refractivity contribution in [2.75, 3.05) is 46.0 Å². The fourth-order valence-electron chi connectivity index (χ4n) is 3.90. The highest BCUT2D eigenvalue weighted by molar-refractivity contribution is 7.90. The van der Waals surface area contributed by atoms with E-state index in [4.69, 9.17) is 14.2 Å². The molecule has 0 atom stereocenters. The molecule has 0 bridgehead atoms. The molecule has 3 rings (SSSR count). The predicted molar refractivity (Wildman–Crippen MR) is 127 cm³/mol. The minimum Gasteiger partial charge on any atom is -0.493 e. The number of anilines is 1. The minimum absolute atomic E-state index is 0.00537. The van der Waals surface area contributed by atoms with Crippen LogP contribution in [0.3, 0.4) is 0 Å². The van der Waals surface area contributed by atoms with Gasteiger partial charge in [-0.1, -0.05) is 12.1 Å². The zero-order chi connectivity index (χ0) is 25.9. The van der Waals surface area contributed by atoms with Crippen molar-refractivity contribution in [1.29, 1.82) is 0 Å². The van der Waals surface area contributed by atoms with Crippen molar-refractivity contribution in [1.82, 2.24) is 10.0 Å². The van der Waals surface area contributed by atoms with Crippen molar-refractivity contribution < 1.29 is 37.0 Å². The van der Waals surface area contributed by atoms with Crippen molar-refractivity contribution in [3.8, 4) is 17.2 Å². The summed E-state index contributed by atoms with van der Waals surface area (Å²) in [6, 6.07) is 7.22. The van der Waals surface area contributed by atoms with E-state index in [1.165, 1.54) is 62.5 Å². The number of hydrogen-bond acceptors (Lipinski definition) is 8. The monoisotopic (exact) mass is 505 g/mol. The zero-order valence-electron chi connectivity index (χ0n) is 20.1. The molecule has 12 heteroatoms. The Hall–Kier alpha value is -3.80. The van der Waals surface area contributed by atoms with E-state index in [9.17, 15) is 22.8 Å². The Kier molecular flexibility index (Phi) is 7.54. The Morgan fingerprint density at radius 2 is 1.46 bits per heavy atom. The second kappa shape index (κ2) is 10.2. The maximum Gasteiger partial charge on any atom is 0.274 e. The van der Waals surface area contributed by atoms with Crippen LogP contribution in [0.5, 0.6) is 17.2 Å². The molecule has 1 heterocycles. The quantitative estimate of drug-likeness (QED) is 0.604. The summed E-state index contributed by atoms with van der Waals surface area (Å²) in [5, 5.41) is 5.02. The van der Waals surface area contributed by atoms with Crippen molar-refractivity contribution in [3.63, 3.8) is 0 Å². The van der Waals surface area contributed by atoms with E-state index in [1.54, 1.807) is 6.07 Å². The summed E-state index contributed by atoms with van der Waals surface area (Å²) < 4.78 is 40.6. The lowest BCUT2D eigenvalue weighted by atomic mass is 10.1. The second-order valence-electron chi connectivity index (χ2n) is 7.73. The number of carbonyl (C=O) groups excluding carboxylic acids is 3. The van der Waals surface area contributed by atoms with Crippen LogP contribution in [-0.4, -0.2) is 76.8 Å². The molecule has 1 N–H and O–H groups in total. The standard InChI is InChI=1S/C23H27N3O8S/c1-14(27)24-19-16(13-17(32-2)20(33-3)21(19)34-4)23(29)26-12-8-11-25(26)22(28)15-9-6-7-10-18(15)35(5,30)31/h6-7,9-10,13H,8,11-12H2,1-5H3,(H,24,27). The average Bonchev–Trinajstić information content (AvgIpc) is 3.31. The number of rotatable bonds is 7. The van der Waals surface area contributed by atoms with E-state index in [2.05, 4.69) is 5.32 Å². The van der Waals surface area contributed by atoms with Crippen LogP contribution in [-0.2, 0) is 14.6 Å². The summed E-state index contributed by atoms with van der Waals surface area (Å²) >= 11 is 0. The molecule has 0 spiro atoms. The molecule has 0 radical (unpaired) electrons.